The monoisotopic (exact) mass is 384 g/mol. The van der Waals surface area contributed by atoms with Crippen molar-refractivity contribution in [1.82, 2.24) is 9.38 Å². The zero-order chi connectivity index (χ0) is 20.4. The van der Waals surface area contributed by atoms with E-state index >= 15 is 0 Å². The van der Waals surface area contributed by atoms with Gasteiger partial charge in [-0.2, -0.15) is 0 Å². The Morgan fingerprint density at radius 2 is 1.62 bits per heavy atom. The second-order valence-electron chi connectivity index (χ2n) is 6.83. The van der Waals surface area contributed by atoms with Crippen molar-refractivity contribution < 1.29 is 9.59 Å². The van der Waals surface area contributed by atoms with E-state index < -0.39 is 0 Å². The average Bonchev–Trinajstić information content (AvgIpc) is 3.11. The minimum absolute atomic E-state index is 0.149. The number of nitrogens with one attached hydrogen (secondary N) is 2. The molecule has 2 heterocycles. The summed E-state index contributed by atoms with van der Waals surface area (Å²) in [5, 5.41) is 5.73. The zero-order valence-electron chi connectivity index (χ0n) is 16.1. The van der Waals surface area contributed by atoms with Crippen molar-refractivity contribution in [3.8, 4) is 0 Å². The molecular formula is C23H20N4O2. The summed E-state index contributed by atoms with van der Waals surface area (Å²) in [6, 6.07) is 20.4. The van der Waals surface area contributed by atoms with Crippen molar-refractivity contribution in [1.29, 1.82) is 0 Å². The average molecular weight is 384 g/mol. The first-order chi connectivity index (χ1) is 14.0. The highest BCUT2D eigenvalue weighted by Crippen LogP contribution is 2.20. The van der Waals surface area contributed by atoms with Gasteiger partial charge in [0.25, 0.3) is 11.8 Å². The number of nitrogens with zero attached hydrogens (tertiary/aromatic N) is 2. The summed E-state index contributed by atoms with van der Waals surface area (Å²) in [7, 11) is 0. The standard InChI is InChI=1S/C23H20N4O2/c1-15-11-12-16(2)18(14-15)25-22(28)20-19-10-6-7-13-27(19)21(26-20)23(29)24-17-8-4-3-5-9-17/h3-14H,1-2H3,(H,24,29)(H,25,28). The number of aromatic nitrogens is 2. The van der Waals surface area contributed by atoms with Crippen molar-refractivity contribution in [2.75, 3.05) is 10.6 Å². The van der Waals surface area contributed by atoms with Gasteiger partial charge >= 0.3 is 0 Å². The van der Waals surface area contributed by atoms with Crippen LogP contribution < -0.4 is 10.6 Å². The highest BCUT2D eigenvalue weighted by molar-refractivity contribution is 6.10. The molecule has 0 saturated heterocycles. The summed E-state index contributed by atoms with van der Waals surface area (Å²) in [6.45, 7) is 3.90. The molecule has 0 bridgehead atoms. The highest BCUT2D eigenvalue weighted by atomic mass is 16.2. The fraction of sp³-hybridized carbons (Fsp3) is 0.0870. The van der Waals surface area contributed by atoms with Gasteiger partial charge in [0.2, 0.25) is 5.82 Å². The zero-order valence-corrected chi connectivity index (χ0v) is 16.1. The Labute approximate surface area is 168 Å². The predicted octanol–water partition coefficient (Wildman–Crippen LogP) is 4.46. The number of imidazole rings is 1. The Bertz CT molecular complexity index is 1210. The number of benzene rings is 2. The van der Waals surface area contributed by atoms with Crippen molar-refractivity contribution in [2.24, 2.45) is 0 Å². The number of carbonyl (C=O) groups is 2. The van der Waals surface area contributed by atoms with Crippen LogP contribution >= 0.6 is 0 Å². The molecule has 6 nitrogen and oxygen atoms in total. The van der Waals surface area contributed by atoms with E-state index in [0.29, 0.717) is 11.2 Å². The van der Waals surface area contributed by atoms with Gasteiger partial charge in [-0.25, -0.2) is 4.98 Å². The number of carbonyl (C=O) groups excluding carboxylic acids is 2. The molecule has 0 atom stereocenters. The number of fused-ring (bicyclic) bond motifs is 1. The smallest absolute Gasteiger partial charge is 0.292 e. The summed E-state index contributed by atoms with van der Waals surface area (Å²) in [5.74, 6) is -0.597. The number of para-hydroxylation sites is 1. The lowest BCUT2D eigenvalue weighted by atomic mass is 10.1. The summed E-state index contributed by atoms with van der Waals surface area (Å²) in [5.41, 5.74) is 4.14. The first-order valence-electron chi connectivity index (χ1n) is 9.25. The Kier molecular flexibility index (Phi) is 4.83. The fourth-order valence-corrected chi connectivity index (χ4v) is 3.13. The lowest BCUT2D eigenvalue weighted by Crippen LogP contribution is -2.16. The molecule has 0 aliphatic carbocycles. The van der Waals surface area contributed by atoms with E-state index in [1.54, 1.807) is 34.9 Å². The quantitative estimate of drug-likeness (QED) is 0.546. The largest absolute Gasteiger partial charge is 0.320 e. The molecule has 2 amide bonds. The van der Waals surface area contributed by atoms with Gasteiger partial charge in [-0.05, 0) is 55.3 Å². The second-order valence-corrected chi connectivity index (χ2v) is 6.83. The number of hydrogen-bond donors (Lipinski definition) is 2. The summed E-state index contributed by atoms with van der Waals surface area (Å²) in [6.07, 6.45) is 1.72. The van der Waals surface area contributed by atoms with Crippen molar-refractivity contribution >= 4 is 28.7 Å². The SMILES string of the molecule is Cc1ccc(C)c(NC(=O)c2nc(C(=O)Nc3ccccc3)n3ccccc23)c1. The molecule has 0 radical (unpaired) electrons. The van der Waals surface area contributed by atoms with E-state index in [-0.39, 0.29) is 23.3 Å². The molecule has 2 aromatic carbocycles. The normalized spacial score (nSPS) is 10.7. The van der Waals surface area contributed by atoms with Gasteiger partial charge in [0.15, 0.2) is 5.69 Å². The van der Waals surface area contributed by atoms with Gasteiger partial charge in [0, 0.05) is 17.6 Å². The van der Waals surface area contributed by atoms with Crippen LogP contribution in [-0.2, 0) is 0 Å². The molecule has 0 fully saturated rings. The first-order valence-corrected chi connectivity index (χ1v) is 9.25. The Morgan fingerprint density at radius 1 is 0.862 bits per heavy atom. The van der Waals surface area contributed by atoms with Gasteiger partial charge in [0.1, 0.15) is 0 Å². The minimum atomic E-state index is -0.386. The fourth-order valence-electron chi connectivity index (χ4n) is 3.13. The van der Waals surface area contributed by atoms with E-state index in [4.69, 9.17) is 0 Å². The van der Waals surface area contributed by atoms with Gasteiger partial charge in [-0.15, -0.1) is 0 Å². The number of pyridine rings is 1. The summed E-state index contributed by atoms with van der Waals surface area (Å²) in [4.78, 5) is 30.1. The third-order valence-corrected chi connectivity index (χ3v) is 4.64. The lowest BCUT2D eigenvalue weighted by Gasteiger charge is -2.08. The molecule has 0 aliphatic heterocycles. The molecule has 144 valence electrons. The molecule has 0 aliphatic rings. The third kappa shape index (κ3) is 3.73. The molecule has 2 N–H and O–H groups in total. The van der Waals surface area contributed by atoms with Crippen LogP contribution in [0.3, 0.4) is 0 Å². The number of hydrogen-bond acceptors (Lipinski definition) is 3. The molecule has 2 aromatic heterocycles. The van der Waals surface area contributed by atoms with Gasteiger partial charge in [-0.3, -0.25) is 14.0 Å². The molecule has 6 heteroatoms. The first kappa shape index (κ1) is 18.4. The highest BCUT2D eigenvalue weighted by Gasteiger charge is 2.22. The van der Waals surface area contributed by atoms with Crippen LogP contribution in [-0.4, -0.2) is 21.2 Å². The van der Waals surface area contributed by atoms with Crippen LogP contribution in [0.2, 0.25) is 0 Å². The van der Waals surface area contributed by atoms with Gasteiger partial charge in [-0.1, -0.05) is 36.4 Å². The molecule has 0 saturated carbocycles. The van der Waals surface area contributed by atoms with Crippen LogP contribution in [0.25, 0.3) is 5.52 Å². The number of anilines is 2. The van der Waals surface area contributed by atoms with Crippen molar-refractivity contribution in [3.05, 3.63) is 95.6 Å². The number of aryl methyl sites for hydroxylation is 2. The van der Waals surface area contributed by atoms with Crippen molar-refractivity contribution in [2.45, 2.75) is 13.8 Å². The van der Waals surface area contributed by atoms with E-state index in [0.717, 1.165) is 16.8 Å². The third-order valence-electron chi connectivity index (χ3n) is 4.64. The van der Waals surface area contributed by atoms with Crippen LogP contribution in [0.15, 0.2) is 72.9 Å². The van der Waals surface area contributed by atoms with Crippen LogP contribution in [0.1, 0.15) is 32.2 Å². The van der Waals surface area contributed by atoms with E-state index in [1.165, 1.54) is 0 Å². The maximum atomic E-state index is 13.0. The Hall–Kier alpha value is -3.93. The molecule has 0 spiro atoms. The summed E-state index contributed by atoms with van der Waals surface area (Å²) >= 11 is 0. The lowest BCUT2D eigenvalue weighted by molar-refractivity contribution is 0.101. The number of rotatable bonds is 4. The molecule has 0 unspecified atom stereocenters. The molecule has 29 heavy (non-hydrogen) atoms. The van der Waals surface area contributed by atoms with E-state index in [9.17, 15) is 9.59 Å². The molecular weight excluding hydrogens is 364 g/mol. The maximum absolute atomic E-state index is 13.0. The van der Waals surface area contributed by atoms with Crippen LogP contribution in [0.5, 0.6) is 0 Å². The maximum Gasteiger partial charge on any atom is 0.292 e. The van der Waals surface area contributed by atoms with E-state index in [1.807, 2.05) is 56.3 Å². The Balaban J connectivity index is 1.69. The topological polar surface area (TPSA) is 75.5 Å². The van der Waals surface area contributed by atoms with E-state index in [2.05, 4.69) is 15.6 Å². The van der Waals surface area contributed by atoms with Crippen LogP contribution in [0.4, 0.5) is 11.4 Å². The Morgan fingerprint density at radius 3 is 2.41 bits per heavy atom. The van der Waals surface area contributed by atoms with Crippen molar-refractivity contribution in [3.63, 3.8) is 0 Å². The van der Waals surface area contributed by atoms with Gasteiger partial charge < -0.3 is 10.6 Å². The molecule has 4 aromatic rings. The minimum Gasteiger partial charge on any atom is -0.320 e. The molecule has 4 rings (SSSR count). The number of amides is 2. The van der Waals surface area contributed by atoms with Gasteiger partial charge in [0.05, 0.1) is 5.52 Å². The summed E-state index contributed by atoms with van der Waals surface area (Å²) < 4.78 is 1.62. The second kappa shape index (κ2) is 7.59. The predicted molar refractivity (Wildman–Crippen MR) is 113 cm³/mol. The van der Waals surface area contributed by atoms with Crippen LogP contribution in [0, 0.1) is 13.8 Å².